The lowest BCUT2D eigenvalue weighted by atomic mass is 9.89. The van der Waals surface area contributed by atoms with Gasteiger partial charge in [-0.25, -0.2) is 0 Å². The van der Waals surface area contributed by atoms with Crippen molar-refractivity contribution in [2.24, 2.45) is 0 Å². The van der Waals surface area contributed by atoms with Gasteiger partial charge in [-0.05, 0) is 34.1 Å². The Labute approximate surface area is 112 Å². The van der Waals surface area contributed by atoms with E-state index < -0.39 is 11.2 Å². The molecule has 0 spiro atoms. The van der Waals surface area contributed by atoms with E-state index in [1.807, 2.05) is 0 Å². The maximum absolute atomic E-state index is 11.6. The van der Waals surface area contributed by atoms with Crippen molar-refractivity contribution in [2.45, 2.75) is 84.3 Å². The van der Waals surface area contributed by atoms with Gasteiger partial charge in [-0.15, -0.1) is 0 Å². The molecule has 0 unspecified atom stereocenters. The largest absolute Gasteiger partial charge is 0.457 e. The standard InChI is InChI=1S/C14H28O3.H3N/c1-6-7-8-9-10-11-12(15)17-14(4,5)13(2,3)16;/h16H,6-11H2,1-5H3;1H3. The van der Waals surface area contributed by atoms with Crippen LogP contribution in [0.5, 0.6) is 0 Å². The first kappa shape index (κ1) is 19.7. The van der Waals surface area contributed by atoms with E-state index in [0.29, 0.717) is 6.42 Å². The first-order valence-corrected chi connectivity index (χ1v) is 6.65. The second kappa shape index (κ2) is 8.48. The number of hydrogen-bond donors (Lipinski definition) is 2. The predicted molar refractivity (Wildman–Crippen MR) is 74.9 cm³/mol. The highest BCUT2D eigenvalue weighted by molar-refractivity contribution is 5.69. The highest BCUT2D eigenvalue weighted by Gasteiger charge is 2.38. The lowest BCUT2D eigenvalue weighted by Gasteiger charge is -2.36. The molecule has 0 amide bonds. The summed E-state index contributed by atoms with van der Waals surface area (Å²) in [5, 5.41) is 9.86. The van der Waals surface area contributed by atoms with E-state index in [1.54, 1.807) is 27.7 Å². The quantitative estimate of drug-likeness (QED) is 0.516. The van der Waals surface area contributed by atoms with Crippen LogP contribution in [0.25, 0.3) is 0 Å². The zero-order valence-corrected chi connectivity index (χ0v) is 12.7. The Kier molecular flexibility index (Phi) is 9.30. The van der Waals surface area contributed by atoms with Crippen LogP contribution < -0.4 is 6.15 Å². The highest BCUT2D eigenvalue weighted by atomic mass is 16.6. The van der Waals surface area contributed by atoms with Gasteiger partial charge in [0, 0.05) is 6.42 Å². The molecule has 0 radical (unpaired) electrons. The normalized spacial score (nSPS) is 11.9. The Morgan fingerprint density at radius 1 is 1.06 bits per heavy atom. The van der Waals surface area contributed by atoms with Crippen LogP contribution in [0, 0.1) is 0 Å². The second-order valence-corrected chi connectivity index (χ2v) is 5.71. The molecule has 4 N–H and O–H groups in total. The number of ether oxygens (including phenoxy) is 1. The topological polar surface area (TPSA) is 81.5 Å². The molecule has 0 saturated carbocycles. The molecule has 0 fully saturated rings. The maximum Gasteiger partial charge on any atom is 0.306 e. The van der Waals surface area contributed by atoms with Crippen molar-refractivity contribution in [1.82, 2.24) is 6.15 Å². The van der Waals surface area contributed by atoms with Crippen molar-refractivity contribution in [1.29, 1.82) is 0 Å². The number of esters is 1. The van der Waals surface area contributed by atoms with Crippen molar-refractivity contribution in [2.75, 3.05) is 0 Å². The second-order valence-electron chi connectivity index (χ2n) is 5.71. The third kappa shape index (κ3) is 7.67. The third-order valence-corrected chi connectivity index (χ3v) is 3.33. The Balaban J connectivity index is 0. The fourth-order valence-electron chi connectivity index (χ4n) is 1.33. The van der Waals surface area contributed by atoms with Crippen molar-refractivity contribution in [3.63, 3.8) is 0 Å². The smallest absolute Gasteiger partial charge is 0.306 e. The fourth-order valence-corrected chi connectivity index (χ4v) is 1.33. The van der Waals surface area contributed by atoms with E-state index >= 15 is 0 Å². The van der Waals surface area contributed by atoms with E-state index in [0.717, 1.165) is 12.8 Å². The molecular formula is C14H31NO3. The minimum Gasteiger partial charge on any atom is -0.457 e. The summed E-state index contributed by atoms with van der Waals surface area (Å²) in [6.07, 6.45) is 6.01. The van der Waals surface area contributed by atoms with Gasteiger partial charge >= 0.3 is 5.97 Å². The molecule has 0 heterocycles. The number of carbonyl (C=O) groups is 1. The zero-order chi connectivity index (χ0) is 13.5. The van der Waals surface area contributed by atoms with Gasteiger partial charge < -0.3 is 16.0 Å². The Hall–Kier alpha value is -0.610. The van der Waals surface area contributed by atoms with Crippen molar-refractivity contribution in [3.8, 4) is 0 Å². The van der Waals surface area contributed by atoms with Gasteiger partial charge in [0.05, 0.1) is 5.60 Å². The average molecular weight is 261 g/mol. The van der Waals surface area contributed by atoms with Crippen LogP contribution in [-0.2, 0) is 9.53 Å². The summed E-state index contributed by atoms with van der Waals surface area (Å²) >= 11 is 0. The summed E-state index contributed by atoms with van der Waals surface area (Å²) in [5.74, 6) is -0.214. The third-order valence-electron chi connectivity index (χ3n) is 3.33. The molecule has 0 aliphatic rings. The van der Waals surface area contributed by atoms with Crippen LogP contribution in [0.4, 0.5) is 0 Å². The van der Waals surface area contributed by atoms with Crippen LogP contribution in [0.1, 0.15) is 73.1 Å². The molecule has 0 aromatic carbocycles. The van der Waals surface area contributed by atoms with E-state index in [4.69, 9.17) is 4.74 Å². The maximum atomic E-state index is 11.6. The summed E-state index contributed by atoms with van der Waals surface area (Å²) in [4.78, 5) is 11.6. The Bertz CT molecular complexity index is 232. The molecule has 0 atom stereocenters. The summed E-state index contributed by atoms with van der Waals surface area (Å²) in [7, 11) is 0. The van der Waals surface area contributed by atoms with E-state index in [1.165, 1.54) is 19.3 Å². The van der Waals surface area contributed by atoms with Crippen molar-refractivity contribution >= 4 is 5.97 Å². The van der Waals surface area contributed by atoms with E-state index in [-0.39, 0.29) is 12.1 Å². The average Bonchev–Trinajstić information content (AvgIpc) is 2.14. The number of rotatable bonds is 8. The van der Waals surface area contributed by atoms with E-state index in [9.17, 15) is 9.90 Å². The monoisotopic (exact) mass is 261 g/mol. The van der Waals surface area contributed by atoms with Crippen molar-refractivity contribution in [3.05, 3.63) is 0 Å². The SMILES string of the molecule is CCCCCCCC(=O)OC(C)(C)C(C)(C)O.N. The molecule has 110 valence electrons. The van der Waals surface area contributed by atoms with Crippen LogP contribution in [0.15, 0.2) is 0 Å². The minimum absolute atomic E-state index is 0. The Morgan fingerprint density at radius 2 is 1.56 bits per heavy atom. The molecule has 18 heavy (non-hydrogen) atoms. The summed E-state index contributed by atoms with van der Waals surface area (Å²) in [6, 6.07) is 0. The Morgan fingerprint density at radius 3 is 2.00 bits per heavy atom. The van der Waals surface area contributed by atoms with Gasteiger partial charge in [0.25, 0.3) is 0 Å². The number of hydrogen-bond acceptors (Lipinski definition) is 4. The van der Waals surface area contributed by atoms with Crippen LogP contribution in [0.2, 0.25) is 0 Å². The molecule has 0 rings (SSSR count). The minimum atomic E-state index is -1.02. The van der Waals surface area contributed by atoms with Gasteiger partial charge in [0.15, 0.2) is 0 Å². The summed E-state index contributed by atoms with van der Waals surface area (Å²) in [6.45, 7) is 8.95. The number of unbranched alkanes of at least 4 members (excludes halogenated alkanes) is 4. The molecule has 0 aliphatic heterocycles. The van der Waals surface area contributed by atoms with Crippen LogP contribution >= 0.6 is 0 Å². The van der Waals surface area contributed by atoms with Gasteiger partial charge in [-0.1, -0.05) is 32.6 Å². The van der Waals surface area contributed by atoms with Crippen molar-refractivity contribution < 1.29 is 14.6 Å². The first-order valence-electron chi connectivity index (χ1n) is 6.65. The highest BCUT2D eigenvalue weighted by Crippen LogP contribution is 2.25. The van der Waals surface area contributed by atoms with Crippen LogP contribution in [-0.4, -0.2) is 22.3 Å². The van der Waals surface area contributed by atoms with Gasteiger partial charge in [-0.2, -0.15) is 0 Å². The fraction of sp³-hybridized carbons (Fsp3) is 0.929. The van der Waals surface area contributed by atoms with Gasteiger partial charge in [-0.3, -0.25) is 4.79 Å². The first-order chi connectivity index (χ1) is 7.70. The lowest BCUT2D eigenvalue weighted by Crippen LogP contribution is -2.48. The number of aliphatic hydroxyl groups is 1. The van der Waals surface area contributed by atoms with E-state index in [2.05, 4.69) is 6.92 Å². The molecule has 0 aromatic heterocycles. The van der Waals surface area contributed by atoms with Gasteiger partial charge in [0.2, 0.25) is 0 Å². The summed E-state index contributed by atoms with van der Waals surface area (Å²) in [5.41, 5.74) is -1.86. The molecule has 0 saturated heterocycles. The zero-order valence-electron chi connectivity index (χ0n) is 12.7. The van der Waals surface area contributed by atoms with Gasteiger partial charge in [0.1, 0.15) is 5.60 Å². The van der Waals surface area contributed by atoms with Crippen LogP contribution in [0.3, 0.4) is 0 Å². The molecule has 4 nitrogen and oxygen atoms in total. The molecule has 4 heteroatoms. The molecular weight excluding hydrogens is 230 g/mol. The molecule has 0 aromatic rings. The molecule has 0 aliphatic carbocycles. The lowest BCUT2D eigenvalue weighted by molar-refractivity contribution is -0.180. The predicted octanol–water partition coefficient (Wildman–Crippen LogP) is 3.60. The number of carbonyl (C=O) groups excluding carboxylic acids is 1. The molecule has 0 bridgehead atoms. The summed E-state index contributed by atoms with van der Waals surface area (Å²) < 4.78 is 5.32.